The lowest BCUT2D eigenvalue weighted by molar-refractivity contribution is 0.281. The smallest absolute Gasteiger partial charge is 0.0991 e. The van der Waals surface area contributed by atoms with E-state index in [1.807, 2.05) is 80.8 Å². The summed E-state index contributed by atoms with van der Waals surface area (Å²) >= 11 is 6.13. The third-order valence-electron chi connectivity index (χ3n) is 6.98. The number of rotatable bonds is 9. The van der Waals surface area contributed by atoms with Gasteiger partial charge in [-0.1, -0.05) is 48.0 Å². The Morgan fingerprint density at radius 2 is 1.57 bits per heavy atom. The van der Waals surface area contributed by atoms with Crippen molar-refractivity contribution in [1.82, 2.24) is 9.88 Å². The molecule has 0 saturated carbocycles. The van der Waals surface area contributed by atoms with Crippen LogP contribution in [0.25, 0.3) is 5.69 Å². The molecule has 37 heavy (non-hydrogen) atoms. The molecule has 1 N–H and O–H groups in total. The highest BCUT2D eigenvalue weighted by Crippen LogP contribution is 2.36. The minimum atomic E-state index is -0.650. The molecule has 0 aliphatic heterocycles. The number of benzene rings is 3. The molecule has 3 atom stereocenters. The molecule has 3 aromatic carbocycles. The van der Waals surface area contributed by atoms with E-state index in [-0.39, 0.29) is 18.0 Å². The Balaban J connectivity index is 1.67. The first kappa shape index (κ1) is 26.2. The molecule has 0 radical (unpaired) electrons. The van der Waals surface area contributed by atoms with Crippen LogP contribution in [0, 0.1) is 28.1 Å². The van der Waals surface area contributed by atoms with E-state index in [2.05, 4.69) is 59.3 Å². The second-order valence-corrected chi connectivity index (χ2v) is 10.5. The molecule has 1 unspecified atom stereocenters. The molecular weight excluding hydrogens is 476 g/mol. The molecule has 1 aromatic heterocycles. The van der Waals surface area contributed by atoms with Crippen LogP contribution in [0.4, 0.5) is 0 Å². The van der Waals surface area contributed by atoms with Crippen LogP contribution in [0.5, 0.6) is 0 Å². The lowest BCUT2D eigenvalue weighted by Gasteiger charge is -2.36. The maximum atomic E-state index is 10.1. The molecule has 0 aliphatic rings. The van der Waals surface area contributed by atoms with E-state index in [4.69, 9.17) is 11.6 Å². The normalized spacial score (nSPS) is 13.8. The van der Waals surface area contributed by atoms with Gasteiger partial charge in [-0.2, -0.15) is 10.5 Å². The van der Waals surface area contributed by atoms with E-state index < -0.39 is 5.41 Å². The molecule has 0 aliphatic carbocycles. The fraction of sp³-hybridized carbons (Fsp3) is 0.250. The van der Waals surface area contributed by atoms with Gasteiger partial charge in [-0.25, -0.2) is 0 Å². The maximum absolute atomic E-state index is 10.1. The summed E-state index contributed by atoms with van der Waals surface area (Å²) in [6, 6.07) is 32.7. The predicted molar refractivity (Wildman–Crippen MR) is 150 cm³/mol. The lowest BCUT2D eigenvalue weighted by atomic mass is 9.79. The van der Waals surface area contributed by atoms with E-state index in [1.54, 1.807) is 0 Å². The van der Waals surface area contributed by atoms with Crippen molar-refractivity contribution in [3.8, 4) is 17.8 Å². The lowest BCUT2D eigenvalue weighted by Crippen LogP contribution is -2.42. The van der Waals surface area contributed by atoms with Crippen molar-refractivity contribution in [2.75, 3.05) is 0 Å². The minimum Gasteiger partial charge on any atom is -0.324 e. The molecule has 0 amide bonds. The summed E-state index contributed by atoms with van der Waals surface area (Å²) in [5.41, 5.74) is 4.38. The summed E-state index contributed by atoms with van der Waals surface area (Å²) in [6.45, 7) is 6.11. The number of hydrogen-bond donors (Lipinski definition) is 1. The van der Waals surface area contributed by atoms with Crippen LogP contribution in [0.3, 0.4) is 0 Å². The number of halogens is 1. The number of nitrogens with zero attached hydrogens (tertiary/aromatic N) is 3. The standard InChI is InChI=1S/C32H31ClN4/c1-23(30(20-24-9-13-28(33)14-10-24)27-8-6-7-25(19-27)21-34)36-31(32(2,3)22-35)26-11-15-29(16-12-26)37-17-4-5-18-37/h4-19,23,30-31,36H,20H2,1-3H3/t23-,30+,31?/m0/s1. The van der Waals surface area contributed by atoms with E-state index in [1.165, 1.54) is 0 Å². The van der Waals surface area contributed by atoms with Gasteiger partial charge >= 0.3 is 0 Å². The molecule has 0 spiro atoms. The third-order valence-corrected chi connectivity index (χ3v) is 7.24. The molecule has 0 saturated heterocycles. The Bertz CT molecular complexity index is 1390. The molecule has 4 aromatic rings. The topological polar surface area (TPSA) is 64.5 Å². The van der Waals surface area contributed by atoms with Crippen molar-refractivity contribution in [1.29, 1.82) is 10.5 Å². The minimum absolute atomic E-state index is 0.00590. The van der Waals surface area contributed by atoms with Crippen LogP contribution in [0.15, 0.2) is 97.3 Å². The third kappa shape index (κ3) is 6.30. The van der Waals surface area contributed by atoms with Crippen LogP contribution in [-0.4, -0.2) is 10.6 Å². The van der Waals surface area contributed by atoms with Crippen LogP contribution >= 0.6 is 11.6 Å². The van der Waals surface area contributed by atoms with Gasteiger partial charge in [0.25, 0.3) is 0 Å². The van der Waals surface area contributed by atoms with Gasteiger partial charge in [0.15, 0.2) is 0 Å². The largest absolute Gasteiger partial charge is 0.324 e. The van der Waals surface area contributed by atoms with Crippen LogP contribution in [-0.2, 0) is 6.42 Å². The fourth-order valence-electron chi connectivity index (χ4n) is 4.81. The summed E-state index contributed by atoms with van der Waals surface area (Å²) < 4.78 is 2.06. The summed E-state index contributed by atoms with van der Waals surface area (Å²) in [4.78, 5) is 0. The van der Waals surface area contributed by atoms with E-state index in [0.717, 1.165) is 28.8 Å². The fourth-order valence-corrected chi connectivity index (χ4v) is 4.93. The van der Waals surface area contributed by atoms with E-state index in [0.29, 0.717) is 10.6 Å². The van der Waals surface area contributed by atoms with E-state index in [9.17, 15) is 10.5 Å². The molecule has 4 rings (SSSR count). The molecule has 1 heterocycles. The van der Waals surface area contributed by atoms with Gasteiger partial charge in [-0.3, -0.25) is 0 Å². The van der Waals surface area contributed by atoms with Crippen LogP contribution < -0.4 is 5.32 Å². The monoisotopic (exact) mass is 506 g/mol. The predicted octanol–water partition coefficient (Wildman–Crippen LogP) is 7.60. The van der Waals surface area contributed by atoms with Gasteiger partial charge in [0.2, 0.25) is 0 Å². The first-order chi connectivity index (χ1) is 17.8. The van der Waals surface area contributed by atoms with Gasteiger partial charge in [0.1, 0.15) is 0 Å². The highest BCUT2D eigenvalue weighted by atomic mass is 35.5. The quantitative estimate of drug-likeness (QED) is 0.254. The molecule has 0 fully saturated rings. The number of nitrogens with one attached hydrogen (secondary N) is 1. The Kier molecular flexibility index (Phi) is 8.14. The zero-order chi connectivity index (χ0) is 26.4. The Hall–Kier alpha value is -3.83. The SMILES string of the molecule is C[C@H](NC(c1ccc(-n2cccc2)cc1)C(C)(C)C#N)[C@@H](Cc1ccc(Cl)cc1)c1cccc(C#N)c1. The Labute approximate surface area is 224 Å². The highest BCUT2D eigenvalue weighted by Gasteiger charge is 2.34. The second-order valence-electron chi connectivity index (χ2n) is 10.1. The van der Waals surface area contributed by atoms with Crippen LogP contribution in [0.2, 0.25) is 5.02 Å². The van der Waals surface area contributed by atoms with Crippen molar-refractivity contribution in [3.05, 3.63) is 125 Å². The first-order valence-corrected chi connectivity index (χ1v) is 12.8. The summed E-state index contributed by atoms with van der Waals surface area (Å²) in [6.07, 6.45) is 4.80. The van der Waals surface area contributed by atoms with Gasteiger partial charge < -0.3 is 9.88 Å². The molecular formula is C32H31ClN4. The summed E-state index contributed by atoms with van der Waals surface area (Å²) in [5, 5.41) is 24.1. The van der Waals surface area contributed by atoms with Gasteiger partial charge in [0.05, 0.1) is 29.2 Å². The number of nitriles is 2. The molecule has 0 bridgehead atoms. The molecule has 186 valence electrons. The Morgan fingerprint density at radius 1 is 0.892 bits per heavy atom. The van der Waals surface area contributed by atoms with Crippen molar-refractivity contribution in [3.63, 3.8) is 0 Å². The van der Waals surface area contributed by atoms with Gasteiger partial charge in [-0.05, 0) is 92.4 Å². The molecule has 5 heteroatoms. The maximum Gasteiger partial charge on any atom is 0.0991 e. The average molecular weight is 507 g/mol. The van der Waals surface area contributed by atoms with Gasteiger partial charge in [-0.15, -0.1) is 0 Å². The zero-order valence-corrected chi connectivity index (χ0v) is 22.2. The van der Waals surface area contributed by atoms with Crippen molar-refractivity contribution < 1.29 is 0 Å². The van der Waals surface area contributed by atoms with Crippen molar-refractivity contribution in [2.24, 2.45) is 5.41 Å². The summed E-state index contributed by atoms with van der Waals surface area (Å²) in [7, 11) is 0. The van der Waals surface area contributed by atoms with Gasteiger partial charge in [0, 0.05) is 35.1 Å². The average Bonchev–Trinajstić information content (AvgIpc) is 3.46. The first-order valence-electron chi connectivity index (χ1n) is 12.5. The molecule has 4 nitrogen and oxygen atoms in total. The second kappa shape index (κ2) is 11.5. The number of hydrogen-bond acceptors (Lipinski definition) is 3. The zero-order valence-electron chi connectivity index (χ0n) is 21.4. The van der Waals surface area contributed by atoms with Crippen molar-refractivity contribution >= 4 is 11.6 Å². The Morgan fingerprint density at radius 3 is 2.19 bits per heavy atom. The van der Waals surface area contributed by atoms with E-state index >= 15 is 0 Å². The highest BCUT2D eigenvalue weighted by molar-refractivity contribution is 6.30. The van der Waals surface area contributed by atoms with Crippen LogP contribution in [0.1, 0.15) is 55.0 Å². The summed E-state index contributed by atoms with van der Waals surface area (Å²) in [5.74, 6) is 0.0746. The number of aromatic nitrogens is 1. The van der Waals surface area contributed by atoms with Crippen molar-refractivity contribution in [2.45, 2.75) is 45.2 Å².